The van der Waals surface area contributed by atoms with Gasteiger partial charge >= 0.3 is 6.09 Å². The van der Waals surface area contributed by atoms with E-state index in [0.29, 0.717) is 19.1 Å². The summed E-state index contributed by atoms with van der Waals surface area (Å²) in [5.41, 5.74) is 1.66. The van der Waals surface area contributed by atoms with Gasteiger partial charge in [0.25, 0.3) is 0 Å². The van der Waals surface area contributed by atoms with Gasteiger partial charge in [-0.2, -0.15) is 0 Å². The number of ether oxygens (including phenoxy) is 1. The van der Waals surface area contributed by atoms with E-state index in [1.165, 1.54) is 6.07 Å². The molecule has 0 bridgehead atoms. The molecule has 7 heteroatoms. The van der Waals surface area contributed by atoms with Gasteiger partial charge in [0.1, 0.15) is 5.82 Å². The third kappa shape index (κ3) is 3.72. The summed E-state index contributed by atoms with van der Waals surface area (Å²) in [5, 5.41) is 0. The van der Waals surface area contributed by atoms with Crippen molar-refractivity contribution in [2.75, 3.05) is 37.6 Å². The van der Waals surface area contributed by atoms with E-state index in [1.54, 1.807) is 28.9 Å². The van der Waals surface area contributed by atoms with Crippen LogP contribution in [-0.2, 0) is 14.9 Å². The number of carbonyl (C=O) groups excluding carboxylic acids is 2. The molecule has 3 heterocycles. The van der Waals surface area contributed by atoms with E-state index in [0.717, 1.165) is 50.1 Å². The third-order valence-corrected chi connectivity index (χ3v) is 6.69. The molecular formula is C22H30FN3O3. The van der Waals surface area contributed by atoms with Crippen molar-refractivity contribution >= 4 is 17.7 Å². The van der Waals surface area contributed by atoms with Crippen molar-refractivity contribution in [1.82, 2.24) is 9.80 Å². The normalized spacial score (nSPS) is 23.7. The Bertz CT molecular complexity index is 804. The van der Waals surface area contributed by atoms with Gasteiger partial charge in [-0.25, -0.2) is 9.18 Å². The molecule has 1 atom stereocenters. The van der Waals surface area contributed by atoms with E-state index in [2.05, 4.69) is 4.90 Å². The van der Waals surface area contributed by atoms with Crippen LogP contribution in [0.2, 0.25) is 0 Å². The largest absolute Gasteiger partial charge is 0.447 e. The molecule has 1 spiro atoms. The highest BCUT2D eigenvalue weighted by molar-refractivity contribution is 5.94. The number of hydrogen-bond acceptors (Lipinski definition) is 4. The summed E-state index contributed by atoms with van der Waals surface area (Å²) >= 11 is 0. The van der Waals surface area contributed by atoms with Crippen LogP contribution in [-0.4, -0.2) is 66.7 Å². The second kappa shape index (κ2) is 7.59. The fraction of sp³-hybridized carbons (Fsp3) is 0.636. The number of hydrogen-bond donors (Lipinski definition) is 0. The SMILES string of the molecule is CC(=O)N1CC2(CCN(C3CCN(C(=O)OC(C)C)C3)CC2)c2cc(F)ccc21. The standard InChI is InChI=1S/C22H30FN3O3/c1-15(2)29-21(28)25-9-6-18(13-25)24-10-7-22(8-11-24)14-26(16(3)27)20-5-4-17(23)12-19(20)22/h4-5,12,15,18H,6-11,13-14H2,1-3H3. The van der Waals surface area contributed by atoms with Crippen molar-refractivity contribution in [3.63, 3.8) is 0 Å². The molecule has 1 unspecified atom stereocenters. The number of anilines is 1. The van der Waals surface area contributed by atoms with Crippen molar-refractivity contribution in [2.45, 2.75) is 57.6 Å². The molecule has 2 amide bonds. The zero-order valence-electron chi connectivity index (χ0n) is 17.5. The van der Waals surface area contributed by atoms with Crippen LogP contribution >= 0.6 is 0 Å². The summed E-state index contributed by atoms with van der Waals surface area (Å²) in [5.74, 6) is -0.238. The third-order valence-electron chi connectivity index (χ3n) is 6.69. The smallest absolute Gasteiger partial charge is 0.410 e. The molecular weight excluding hydrogens is 373 g/mol. The van der Waals surface area contributed by atoms with E-state index in [-0.39, 0.29) is 29.3 Å². The maximum atomic E-state index is 14.0. The lowest BCUT2D eigenvalue weighted by molar-refractivity contribution is -0.116. The molecule has 0 saturated carbocycles. The van der Waals surface area contributed by atoms with E-state index >= 15 is 0 Å². The fourth-order valence-corrected chi connectivity index (χ4v) is 5.15. The number of rotatable bonds is 2. The van der Waals surface area contributed by atoms with Crippen LogP contribution in [0.25, 0.3) is 0 Å². The minimum absolute atomic E-state index is 0.00672. The maximum absolute atomic E-state index is 14.0. The van der Waals surface area contributed by atoms with Gasteiger partial charge in [0.05, 0.1) is 6.10 Å². The van der Waals surface area contributed by atoms with E-state index in [1.807, 2.05) is 13.8 Å². The van der Waals surface area contributed by atoms with Crippen LogP contribution in [0, 0.1) is 5.82 Å². The zero-order valence-corrected chi connectivity index (χ0v) is 17.5. The zero-order chi connectivity index (χ0) is 20.8. The topological polar surface area (TPSA) is 53.1 Å². The van der Waals surface area contributed by atoms with Crippen molar-refractivity contribution in [3.8, 4) is 0 Å². The van der Waals surface area contributed by atoms with Gasteiger partial charge in [-0.3, -0.25) is 9.69 Å². The fourth-order valence-electron chi connectivity index (χ4n) is 5.15. The lowest BCUT2D eigenvalue weighted by atomic mass is 9.74. The Kier molecular flexibility index (Phi) is 5.27. The molecule has 0 N–H and O–H groups in total. The van der Waals surface area contributed by atoms with Gasteiger partial charge in [0, 0.05) is 43.7 Å². The first-order valence-electron chi connectivity index (χ1n) is 10.6. The number of likely N-dealkylation sites (tertiary alicyclic amines) is 2. The molecule has 29 heavy (non-hydrogen) atoms. The molecule has 2 saturated heterocycles. The van der Waals surface area contributed by atoms with Crippen molar-refractivity contribution in [2.24, 2.45) is 0 Å². The Labute approximate surface area is 171 Å². The van der Waals surface area contributed by atoms with Gasteiger partial charge in [0.15, 0.2) is 0 Å². The first kappa shape index (κ1) is 20.1. The van der Waals surface area contributed by atoms with Gasteiger partial charge in [-0.1, -0.05) is 0 Å². The summed E-state index contributed by atoms with van der Waals surface area (Å²) in [6, 6.07) is 5.13. The van der Waals surface area contributed by atoms with Crippen LogP contribution in [0.5, 0.6) is 0 Å². The lowest BCUT2D eigenvalue weighted by Crippen LogP contribution is -2.49. The monoisotopic (exact) mass is 403 g/mol. The Morgan fingerprint density at radius 2 is 1.93 bits per heavy atom. The first-order chi connectivity index (χ1) is 13.8. The average Bonchev–Trinajstić information content (AvgIpc) is 3.27. The van der Waals surface area contributed by atoms with Crippen LogP contribution in [0.1, 0.15) is 45.6 Å². The number of carbonyl (C=O) groups is 2. The van der Waals surface area contributed by atoms with Crippen LogP contribution in [0.3, 0.4) is 0 Å². The van der Waals surface area contributed by atoms with Crippen LogP contribution in [0.4, 0.5) is 14.9 Å². The highest BCUT2D eigenvalue weighted by Crippen LogP contribution is 2.47. The van der Waals surface area contributed by atoms with Gasteiger partial charge in [-0.05, 0) is 70.0 Å². The highest BCUT2D eigenvalue weighted by Gasteiger charge is 2.47. The lowest BCUT2D eigenvalue weighted by Gasteiger charge is -2.42. The highest BCUT2D eigenvalue weighted by atomic mass is 19.1. The maximum Gasteiger partial charge on any atom is 0.410 e. The number of fused-ring (bicyclic) bond motifs is 2. The number of piperidine rings is 1. The summed E-state index contributed by atoms with van der Waals surface area (Å²) < 4.78 is 19.3. The Balaban J connectivity index is 1.43. The molecule has 2 fully saturated rings. The van der Waals surface area contributed by atoms with E-state index in [4.69, 9.17) is 4.74 Å². The molecule has 0 radical (unpaired) electrons. The summed E-state index contributed by atoms with van der Waals surface area (Å²) in [7, 11) is 0. The van der Waals surface area contributed by atoms with E-state index in [9.17, 15) is 14.0 Å². The summed E-state index contributed by atoms with van der Waals surface area (Å²) in [6.45, 7) is 9.13. The van der Waals surface area contributed by atoms with Crippen molar-refractivity contribution < 1.29 is 18.7 Å². The molecule has 3 aliphatic heterocycles. The second-order valence-electron chi connectivity index (χ2n) is 8.90. The molecule has 0 aliphatic carbocycles. The molecule has 1 aromatic rings. The number of amides is 2. The Morgan fingerprint density at radius 1 is 1.21 bits per heavy atom. The summed E-state index contributed by atoms with van der Waals surface area (Å²) in [4.78, 5) is 30.4. The Morgan fingerprint density at radius 3 is 2.59 bits per heavy atom. The van der Waals surface area contributed by atoms with Crippen LogP contribution < -0.4 is 4.90 Å². The number of benzene rings is 1. The van der Waals surface area contributed by atoms with E-state index < -0.39 is 0 Å². The van der Waals surface area contributed by atoms with Crippen LogP contribution in [0.15, 0.2) is 18.2 Å². The quantitative estimate of drug-likeness (QED) is 0.761. The minimum atomic E-state index is -0.244. The molecule has 0 aromatic heterocycles. The first-order valence-corrected chi connectivity index (χ1v) is 10.6. The van der Waals surface area contributed by atoms with Crippen molar-refractivity contribution in [3.05, 3.63) is 29.6 Å². The minimum Gasteiger partial charge on any atom is -0.447 e. The van der Waals surface area contributed by atoms with Gasteiger partial charge in [0.2, 0.25) is 5.91 Å². The molecule has 6 nitrogen and oxygen atoms in total. The van der Waals surface area contributed by atoms with Crippen molar-refractivity contribution in [1.29, 1.82) is 0 Å². The molecule has 4 rings (SSSR count). The molecule has 158 valence electrons. The summed E-state index contributed by atoms with van der Waals surface area (Å²) in [6.07, 6.45) is 2.39. The molecule has 3 aliphatic rings. The molecule has 1 aromatic carbocycles. The average molecular weight is 403 g/mol. The van der Waals surface area contributed by atoms with Gasteiger partial charge in [-0.15, -0.1) is 0 Å². The van der Waals surface area contributed by atoms with Gasteiger partial charge < -0.3 is 14.5 Å². The predicted octanol–water partition coefficient (Wildman–Crippen LogP) is 3.15. The number of halogens is 1. The number of nitrogens with zero attached hydrogens (tertiary/aromatic N) is 3. The predicted molar refractivity (Wildman–Crippen MR) is 109 cm³/mol. The second-order valence-corrected chi connectivity index (χ2v) is 8.90. The Hall–Kier alpha value is -2.15.